The zero-order valence-corrected chi connectivity index (χ0v) is 19.2. The Bertz CT molecular complexity index is 865. The zero-order valence-electron chi connectivity index (χ0n) is 18.5. The van der Waals surface area contributed by atoms with Gasteiger partial charge in [0, 0.05) is 18.2 Å². The second-order valence-electron chi connectivity index (χ2n) is 8.08. The summed E-state index contributed by atoms with van der Waals surface area (Å²) >= 11 is 6.63. The maximum atomic E-state index is 15.8. The van der Waals surface area contributed by atoms with Gasteiger partial charge in [0.2, 0.25) is 0 Å². The topological polar surface area (TPSA) is 38.7 Å². The number of allylic oxidation sites excluding steroid dienone is 1. The van der Waals surface area contributed by atoms with Crippen molar-refractivity contribution in [2.75, 3.05) is 7.11 Å². The molecule has 0 spiro atoms. The molecule has 0 radical (unpaired) electrons. The zero-order chi connectivity index (χ0) is 22.4. The molecule has 0 saturated heterocycles. The van der Waals surface area contributed by atoms with Crippen LogP contribution in [0, 0.1) is 18.7 Å². The van der Waals surface area contributed by atoms with Gasteiger partial charge in [0.1, 0.15) is 6.61 Å². The Morgan fingerprint density at radius 3 is 2.37 bits per heavy atom. The van der Waals surface area contributed by atoms with E-state index in [1.54, 1.807) is 14.0 Å². The maximum Gasteiger partial charge on any atom is 0.173 e. The van der Waals surface area contributed by atoms with Crippen LogP contribution in [-0.2, 0) is 11.3 Å². The SMILES string of the molecule is C=C(C)c1c(C)c(Cl)c(C(CC(C)CC(C)O)OC)c(F)c1OCc1ccccc1. The van der Waals surface area contributed by atoms with Crippen molar-refractivity contribution in [1.82, 2.24) is 0 Å². The Morgan fingerprint density at radius 2 is 1.83 bits per heavy atom. The lowest BCUT2D eigenvalue weighted by atomic mass is 9.90. The molecule has 3 nitrogen and oxygen atoms in total. The Morgan fingerprint density at radius 1 is 1.20 bits per heavy atom. The minimum atomic E-state index is -0.553. The lowest BCUT2D eigenvalue weighted by Crippen LogP contribution is -2.15. The third kappa shape index (κ3) is 5.84. The van der Waals surface area contributed by atoms with Gasteiger partial charge in [0.25, 0.3) is 0 Å². The minimum Gasteiger partial charge on any atom is -0.485 e. The summed E-state index contributed by atoms with van der Waals surface area (Å²) in [5, 5.41) is 10.0. The lowest BCUT2D eigenvalue weighted by molar-refractivity contribution is 0.0679. The number of ether oxygens (including phenoxy) is 2. The molecule has 1 N–H and O–H groups in total. The summed E-state index contributed by atoms with van der Waals surface area (Å²) in [5.74, 6) is -0.246. The number of hydrogen-bond donors (Lipinski definition) is 1. The number of hydrogen-bond acceptors (Lipinski definition) is 3. The maximum absolute atomic E-state index is 15.8. The summed E-state index contributed by atoms with van der Waals surface area (Å²) < 4.78 is 27.4. The van der Waals surface area contributed by atoms with E-state index in [1.807, 2.05) is 51.1 Å². The van der Waals surface area contributed by atoms with Crippen LogP contribution in [0.5, 0.6) is 5.75 Å². The van der Waals surface area contributed by atoms with E-state index in [0.717, 1.165) is 5.56 Å². The van der Waals surface area contributed by atoms with Crippen molar-refractivity contribution in [1.29, 1.82) is 0 Å². The van der Waals surface area contributed by atoms with Gasteiger partial charge in [-0.1, -0.05) is 55.4 Å². The van der Waals surface area contributed by atoms with E-state index in [0.29, 0.717) is 40.1 Å². The van der Waals surface area contributed by atoms with E-state index in [4.69, 9.17) is 21.1 Å². The van der Waals surface area contributed by atoms with Crippen LogP contribution in [0.3, 0.4) is 0 Å². The smallest absolute Gasteiger partial charge is 0.173 e. The number of methoxy groups -OCH3 is 1. The molecule has 3 unspecified atom stereocenters. The first-order chi connectivity index (χ1) is 14.2. The molecule has 5 heteroatoms. The van der Waals surface area contributed by atoms with Crippen LogP contribution >= 0.6 is 11.6 Å². The van der Waals surface area contributed by atoms with E-state index < -0.39 is 18.0 Å². The molecule has 0 amide bonds. The predicted molar refractivity (Wildman–Crippen MR) is 121 cm³/mol. The van der Waals surface area contributed by atoms with Crippen LogP contribution in [0.1, 0.15) is 62.0 Å². The van der Waals surface area contributed by atoms with E-state index in [2.05, 4.69) is 6.58 Å². The van der Waals surface area contributed by atoms with Crippen molar-refractivity contribution in [2.24, 2.45) is 5.92 Å². The van der Waals surface area contributed by atoms with Gasteiger partial charge in [-0.25, -0.2) is 4.39 Å². The largest absolute Gasteiger partial charge is 0.485 e. The Labute approximate surface area is 184 Å². The Kier molecular flexibility index (Phi) is 8.90. The molecular formula is C25H32ClFO3. The second-order valence-corrected chi connectivity index (χ2v) is 8.45. The fourth-order valence-electron chi connectivity index (χ4n) is 3.85. The monoisotopic (exact) mass is 434 g/mol. The molecule has 0 aliphatic carbocycles. The number of benzene rings is 2. The van der Waals surface area contributed by atoms with E-state index in [-0.39, 0.29) is 18.3 Å². The van der Waals surface area contributed by atoms with Gasteiger partial charge in [0.15, 0.2) is 11.6 Å². The van der Waals surface area contributed by atoms with Crippen LogP contribution in [0.15, 0.2) is 36.9 Å². The highest BCUT2D eigenvalue weighted by atomic mass is 35.5. The minimum absolute atomic E-state index is 0.125. The molecule has 0 aliphatic heterocycles. The molecule has 0 bridgehead atoms. The summed E-state index contributed by atoms with van der Waals surface area (Å²) in [7, 11) is 1.54. The molecule has 0 aromatic heterocycles. The molecule has 0 fully saturated rings. The van der Waals surface area contributed by atoms with Crippen molar-refractivity contribution in [3.63, 3.8) is 0 Å². The van der Waals surface area contributed by atoms with Crippen LogP contribution < -0.4 is 4.74 Å². The number of aliphatic hydroxyl groups excluding tert-OH is 1. The van der Waals surface area contributed by atoms with Crippen molar-refractivity contribution < 1.29 is 19.0 Å². The van der Waals surface area contributed by atoms with Crippen molar-refractivity contribution >= 4 is 17.2 Å². The third-order valence-electron chi connectivity index (χ3n) is 5.22. The highest BCUT2D eigenvalue weighted by molar-refractivity contribution is 6.32. The van der Waals surface area contributed by atoms with Gasteiger partial charge in [0.05, 0.1) is 17.2 Å². The van der Waals surface area contributed by atoms with Crippen LogP contribution in [-0.4, -0.2) is 18.3 Å². The number of rotatable bonds is 10. The van der Waals surface area contributed by atoms with Gasteiger partial charge < -0.3 is 14.6 Å². The number of halogens is 2. The van der Waals surface area contributed by atoms with Crippen LogP contribution in [0.2, 0.25) is 5.02 Å². The second kappa shape index (κ2) is 10.9. The molecule has 0 aliphatic rings. The summed E-state index contributed by atoms with van der Waals surface area (Å²) in [5.41, 5.74) is 3.21. The van der Waals surface area contributed by atoms with Crippen molar-refractivity contribution in [2.45, 2.75) is 59.4 Å². The summed E-state index contributed by atoms with van der Waals surface area (Å²) in [6.45, 7) is 11.6. The first kappa shape index (κ1) is 24.4. The molecule has 2 rings (SSSR count). The normalized spacial score (nSPS) is 14.3. The molecule has 164 valence electrons. The molecule has 3 atom stereocenters. The standard InChI is InChI=1S/C25H32ClFO3/c1-15(2)21-18(5)23(26)22(20(29-6)13-16(3)12-17(4)28)24(27)25(21)30-14-19-10-8-7-9-11-19/h7-11,16-17,20,28H,1,12-14H2,2-6H3. The third-order valence-corrected chi connectivity index (χ3v) is 5.71. The highest BCUT2D eigenvalue weighted by Crippen LogP contribution is 2.44. The molecular weight excluding hydrogens is 403 g/mol. The Balaban J connectivity index is 2.49. The van der Waals surface area contributed by atoms with Crippen LogP contribution in [0.4, 0.5) is 4.39 Å². The predicted octanol–water partition coefficient (Wildman–Crippen LogP) is 6.88. The Hall–Kier alpha value is -1.88. The molecule has 2 aromatic carbocycles. The highest BCUT2D eigenvalue weighted by Gasteiger charge is 2.29. The van der Waals surface area contributed by atoms with Gasteiger partial charge in [-0.2, -0.15) is 0 Å². The lowest BCUT2D eigenvalue weighted by Gasteiger charge is -2.26. The fourth-order valence-corrected chi connectivity index (χ4v) is 4.15. The van der Waals surface area contributed by atoms with Crippen LogP contribution in [0.25, 0.3) is 5.57 Å². The summed E-state index contributed by atoms with van der Waals surface area (Å²) in [4.78, 5) is 0. The molecule has 2 aromatic rings. The summed E-state index contributed by atoms with van der Waals surface area (Å²) in [6, 6.07) is 9.61. The van der Waals surface area contributed by atoms with E-state index >= 15 is 4.39 Å². The molecule has 0 heterocycles. The van der Waals surface area contributed by atoms with Gasteiger partial charge in [-0.3, -0.25) is 0 Å². The first-order valence-electron chi connectivity index (χ1n) is 10.2. The van der Waals surface area contributed by atoms with Gasteiger partial charge >= 0.3 is 0 Å². The average molecular weight is 435 g/mol. The van der Waals surface area contributed by atoms with Gasteiger partial charge in [-0.15, -0.1) is 0 Å². The van der Waals surface area contributed by atoms with Gasteiger partial charge in [-0.05, 0) is 56.2 Å². The fraction of sp³-hybridized carbons (Fsp3) is 0.440. The average Bonchev–Trinajstić information content (AvgIpc) is 2.68. The molecule has 0 saturated carbocycles. The van der Waals surface area contributed by atoms with Crippen molar-refractivity contribution in [3.05, 3.63) is 70.0 Å². The number of aliphatic hydroxyl groups is 1. The van der Waals surface area contributed by atoms with E-state index in [1.165, 1.54) is 0 Å². The molecule has 30 heavy (non-hydrogen) atoms. The quantitative estimate of drug-likeness (QED) is 0.442. The van der Waals surface area contributed by atoms with Crippen molar-refractivity contribution in [3.8, 4) is 5.75 Å². The van der Waals surface area contributed by atoms with E-state index in [9.17, 15) is 5.11 Å². The summed E-state index contributed by atoms with van der Waals surface area (Å²) in [6.07, 6.45) is 0.139. The first-order valence-corrected chi connectivity index (χ1v) is 10.6.